The monoisotopic (exact) mass is 187 g/mol. The van der Waals surface area contributed by atoms with Gasteiger partial charge < -0.3 is 5.73 Å². The summed E-state index contributed by atoms with van der Waals surface area (Å²) in [5.74, 6) is 0.319. The highest BCUT2D eigenvalue weighted by Crippen LogP contribution is 2.40. The molecule has 66 valence electrons. The molecule has 1 aliphatic rings. The molecule has 0 saturated heterocycles. The Morgan fingerprint density at radius 2 is 2.00 bits per heavy atom. The smallest absolute Gasteiger partial charge is 0.146 e. The molecular weight excluding hydrogens is 177 g/mol. The molecule has 1 nitrogen and oxygen atoms in total. The standard InChI is InChI=1S/C9H10FN.ClH/c10-8-5-7(6-1-2-6)3-4-9(8)11;/h3-6H,1-2,11H2;1H. The van der Waals surface area contributed by atoms with Crippen LogP contribution in [0.4, 0.5) is 10.1 Å². The summed E-state index contributed by atoms with van der Waals surface area (Å²) in [6.45, 7) is 0. The predicted octanol–water partition coefficient (Wildman–Crippen LogP) is 2.71. The largest absolute Gasteiger partial charge is 0.396 e. The minimum Gasteiger partial charge on any atom is -0.396 e. The highest BCUT2D eigenvalue weighted by molar-refractivity contribution is 5.85. The SMILES string of the molecule is Cl.Nc1ccc(C2CC2)cc1F. The van der Waals surface area contributed by atoms with Crippen molar-refractivity contribution >= 4 is 18.1 Å². The molecule has 2 N–H and O–H groups in total. The van der Waals surface area contributed by atoms with E-state index in [1.807, 2.05) is 6.07 Å². The molecule has 1 aromatic carbocycles. The lowest BCUT2D eigenvalue weighted by atomic mass is 10.1. The lowest BCUT2D eigenvalue weighted by molar-refractivity contribution is 0.630. The Balaban J connectivity index is 0.000000720. The summed E-state index contributed by atoms with van der Waals surface area (Å²) in [6.07, 6.45) is 2.40. The second-order valence-corrected chi connectivity index (χ2v) is 3.06. The quantitative estimate of drug-likeness (QED) is 0.673. The zero-order valence-corrected chi connectivity index (χ0v) is 7.40. The van der Waals surface area contributed by atoms with Gasteiger partial charge in [-0.15, -0.1) is 12.4 Å². The van der Waals surface area contributed by atoms with Crippen LogP contribution in [0.15, 0.2) is 18.2 Å². The van der Waals surface area contributed by atoms with Gasteiger partial charge in [-0.3, -0.25) is 0 Å². The van der Waals surface area contributed by atoms with Crippen LogP contribution in [0.25, 0.3) is 0 Å². The van der Waals surface area contributed by atoms with Gasteiger partial charge in [0.05, 0.1) is 5.69 Å². The molecule has 1 fully saturated rings. The molecule has 3 heteroatoms. The highest BCUT2D eigenvalue weighted by atomic mass is 35.5. The summed E-state index contributed by atoms with van der Waals surface area (Å²) < 4.78 is 12.8. The summed E-state index contributed by atoms with van der Waals surface area (Å²) in [5.41, 5.74) is 6.67. The summed E-state index contributed by atoms with van der Waals surface area (Å²) in [7, 11) is 0. The van der Waals surface area contributed by atoms with Gasteiger partial charge in [0.2, 0.25) is 0 Å². The van der Waals surface area contributed by atoms with E-state index in [1.54, 1.807) is 12.1 Å². The van der Waals surface area contributed by atoms with Crippen molar-refractivity contribution in [2.75, 3.05) is 5.73 Å². The van der Waals surface area contributed by atoms with Crippen LogP contribution in [-0.4, -0.2) is 0 Å². The molecule has 0 atom stereocenters. The number of nitrogen functional groups attached to an aromatic ring is 1. The second-order valence-electron chi connectivity index (χ2n) is 3.06. The zero-order chi connectivity index (χ0) is 7.84. The normalized spacial score (nSPS) is 15.4. The first-order valence-corrected chi connectivity index (χ1v) is 3.82. The maximum atomic E-state index is 12.8. The Hall–Kier alpha value is -0.760. The van der Waals surface area contributed by atoms with Crippen LogP contribution < -0.4 is 5.73 Å². The Bertz CT molecular complexity index is 284. The molecule has 0 unspecified atom stereocenters. The van der Waals surface area contributed by atoms with Crippen molar-refractivity contribution in [3.63, 3.8) is 0 Å². The summed E-state index contributed by atoms with van der Waals surface area (Å²) >= 11 is 0. The van der Waals surface area contributed by atoms with E-state index in [4.69, 9.17) is 5.73 Å². The molecular formula is C9H11ClFN. The van der Waals surface area contributed by atoms with E-state index in [1.165, 1.54) is 12.8 Å². The first-order valence-electron chi connectivity index (χ1n) is 3.82. The highest BCUT2D eigenvalue weighted by Gasteiger charge is 2.23. The summed E-state index contributed by atoms with van der Waals surface area (Å²) in [5, 5.41) is 0. The van der Waals surface area contributed by atoms with Crippen molar-refractivity contribution < 1.29 is 4.39 Å². The van der Waals surface area contributed by atoms with Gasteiger partial charge in [0.25, 0.3) is 0 Å². The van der Waals surface area contributed by atoms with Gasteiger partial charge in [0.15, 0.2) is 0 Å². The van der Waals surface area contributed by atoms with E-state index in [-0.39, 0.29) is 23.9 Å². The van der Waals surface area contributed by atoms with E-state index >= 15 is 0 Å². The summed E-state index contributed by atoms with van der Waals surface area (Å²) in [4.78, 5) is 0. The van der Waals surface area contributed by atoms with E-state index in [9.17, 15) is 4.39 Å². The van der Waals surface area contributed by atoms with E-state index in [2.05, 4.69) is 0 Å². The van der Waals surface area contributed by atoms with Gasteiger partial charge in [-0.1, -0.05) is 6.07 Å². The number of benzene rings is 1. The molecule has 0 heterocycles. The molecule has 2 rings (SSSR count). The fourth-order valence-corrected chi connectivity index (χ4v) is 1.21. The second kappa shape index (κ2) is 3.31. The third-order valence-electron chi connectivity index (χ3n) is 2.07. The molecule has 0 bridgehead atoms. The molecule has 0 aromatic heterocycles. The molecule has 1 saturated carbocycles. The Kier molecular flexibility index (Phi) is 2.58. The minimum absolute atomic E-state index is 0. The van der Waals surface area contributed by atoms with Gasteiger partial charge in [0, 0.05) is 0 Å². The van der Waals surface area contributed by atoms with Crippen molar-refractivity contribution in [3.05, 3.63) is 29.6 Å². The summed E-state index contributed by atoms with van der Waals surface area (Å²) in [6, 6.07) is 5.10. The van der Waals surface area contributed by atoms with Gasteiger partial charge >= 0.3 is 0 Å². The third-order valence-corrected chi connectivity index (χ3v) is 2.07. The van der Waals surface area contributed by atoms with Crippen LogP contribution in [0.5, 0.6) is 0 Å². The van der Waals surface area contributed by atoms with Gasteiger partial charge in [-0.25, -0.2) is 4.39 Å². The number of halogens is 2. The lowest BCUT2D eigenvalue weighted by Gasteiger charge is -1.99. The van der Waals surface area contributed by atoms with Crippen molar-refractivity contribution in [3.8, 4) is 0 Å². The first kappa shape index (κ1) is 9.33. The average Bonchev–Trinajstić information content (AvgIpc) is 2.77. The topological polar surface area (TPSA) is 26.0 Å². The number of hydrogen-bond donors (Lipinski definition) is 1. The minimum atomic E-state index is -0.283. The third kappa shape index (κ3) is 1.69. The maximum Gasteiger partial charge on any atom is 0.146 e. The Labute approximate surface area is 77.2 Å². The number of hydrogen-bond acceptors (Lipinski definition) is 1. The van der Waals surface area contributed by atoms with Gasteiger partial charge in [-0.2, -0.15) is 0 Å². The van der Waals surface area contributed by atoms with Crippen LogP contribution in [0, 0.1) is 5.82 Å². The maximum absolute atomic E-state index is 12.8. The van der Waals surface area contributed by atoms with E-state index < -0.39 is 0 Å². The number of nitrogens with two attached hydrogens (primary N) is 1. The molecule has 0 spiro atoms. The molecule has 1 aromatic rings. The molecule has 0 radical (unpaired) electrons. The fraction of sp³-hybridized carbons (Fsp3) is 0.333. The molecule has 0 aliphatic heterocycles. The number of rotatable bonds is 1. The average molecular weight is 188 g/mol. The lowest BCUT2D eigenvalue weighted by Crippen LogP contribution is -1.91. The zero-order valence-electron chi connectivity index (χ0n) is 6.59. The van der Waals surface area contributed by atoms with Crippen LogP contribution in [0.1, 0.15) is 24.3 Å². The van der Waals surface area contributed by atoms with E-state index in [0.29, 0.717) is 5.92 Å². The number of anilines is 1. The van der Waals surface area contributed by atoms with Crippen LogP contribution in [-0.2, 0) is 0 Å². The van der Waals surface area contributed by atoms with Crippen molar-refractivity contribution in [1.29, 1.82) is 0 Å². The van der Waals surface area contributed by atoms with Crippen LogP contribution in [0.2, 0.25) is 0 Å². The van der Waals surface area contributed by atoms with Crippen molar-refractivity contribution in [2.24, 2.45) is 0 Å². The molecule has 0 amide bonds. The predicted molar refractivity (Wildman–Crippen MR) is 50.0 cm³/mol. The van der Waals surface area contributed by atoms with Crippen LogP contribution >= 0.6 is 12.4 Å². The van der Waals surface area contributed by atoms with E-state index in [0.717, 1.165) is 5.56 Å². The van der Waals surface area contributed by atoms with Crippen molar-refractivity contribution in [1.82, 2.24) is 0 Å². The van der Waals surface area contributed by atoms with Gasteiger partial charge in [0.1, 0.15) is 5.82 Å². The Morgan fingerprint density at radius 1 is 1.33 bits per heavy atom. The first-order chi connectivity index (χ1) is 5.27. The van der Waals surface area contributed by atoms with Gasteiger partial charge in [-0.05, 0) is 36.5 Å². The fourth-order valence-electron chi connectivity index (χ4n) is 1.21. The Morgan fingerprint density at radius 3 is 2.50 bits per heavy atom. The molecule has 1 aliphatic carbocycles. The van der Waals surface area contributed by atoms with Crippen molar-refractivity contribution in [2.45, 2.75) is 18.8 Å². The van der Waals surface area contributed by atoms with Crippen LogP contribution in [0.3, 0.4) is 0 Å². The molecule has 12 heavy (non-hydrogen) atoms.